The Labute approximate surface area is 98.7 Å². The second kappa shape index (κ2) is 5.18. The zero-order valence-electron chi connectivity index (χ0n) is 8.89. The first-order valence-corrected chi connectivity index (χ1v) is 6.17. The van der Waals surface area contributed by atoms with Crippen molar-refractivity contribution in [3.05, 3.63) is 30.6 Å². The maximum Gasteiger partial charge on any atom is 0.0533 e. The molecule has 0 aliphatic rings. The van der Waals surface area contributed by atoms with Crippen molar-refractivity contribution in [1.82, 2.24) is 4.98 Å². The van der Waals surface area contributed by atoms with Crippen LogP contribution < -0.4 is 5.73 Å². The van der Waals surface area contributed by atoms with E-state index in [1.165, 1.54) is 0 Å². The lowest BCUT2D eigenvalue weighted by Crippen LogP contribution is -1.92. The van der Waals surface area contributed by atoms with Crippen LogP contribution in [-0.4, -0.2) is 22.5 Å². The molecule has 0 bridgehead atoms. The zero-order chi connectivity index (χ0) is 11.4. The van der Waals surface area contributed by atoms with E-state index in [0.717, 1.165) is 33.5 Å². The normalized spacial score (nSPS) is 10.8. The number of pyridine rings is 1. The number of aliphatic hydroxyl groups is 1. The van der Waals surface area contributed by atoms with E-state index in [2.05, 4.69) is 4.98 Å². The number of hydrogen-bond donors (Lipinski definition) is 2. The number of benzene rings is 1. The molecule has 3 nitrogen and oxygen atoms in total. The summed E-state index contributed by atoms with van der Waals surface area (Å²) < 4.78 is 0. The van der Waals surface area contributed by atoms with Crippen LogP contribution in [0.1, 0.15) is 6.42 Å². The number of nitrogens with two attached hydrogens (primary N) is 1. The van der Waals surface area contributed by atoms with Crippen LogP contribution in [0.5, 0.6) is 0 Å². The molecule has 1 aromatic heterocycles. The number of nitrogens with zero attached hydrogens (tertiary/aromatic N) is 1. The Balaban J connectivity index is 2.29. The highest BCUT2D eigenvalue weighted by atomic mass is 32.2. The minimum atomic E-state index is 0.227. The highest BCUT2D eigenvalue weighted by Crippen LogP contribution is 2.31. The molecular formula is C12H14N2OS. The number of fused-ring (bicyclic) bond motifs is 1. The van der Waals surface area contributed by atoms with Crippen molar-refractivity contribution in [3.8, 4) is 0 Å². The Morgan fingerprint density at radius 3 is 3.00 bits per heavy atom. The summed E-state index contributed by atoms with van der Waals surface area (Å²) in [5, 5.41) is 10.8. The molecule has 16 heavy (non-hydrogen) atoms. The summed E-state index contributed by atoms with van der Waals surface area (Å²) in [7, 11) is 0. The quantitative estimate of drug-likeness (QED) is 0.484. The smallest absolute Gasteiger partial charge is 0.0533 e. The van der Waals surface area contributed by atoms with Gasteiger partial charge in [-0.15, -0.1) is 11.8 Å². The highest BCUT2D eigenvalue weighted by Gasteiger charge is 2.04. The van der Waals surface area contributed by atoms with Gasteiger partial charge in [0.1, 0.15) is 0 Å². The predicted molar refractivity (Wildman–Crippen MR) is 68.6 cm³/mol. The molecule has 0 saturated heterocycles. The third kappa shape index (κ3) is 2.28. The van der Waals surface area contributed by atoms with Crippen molar-refractivity contribution in [2.45, 2.75) is 11.3 Å². The standard InChI is InChI=1S/C12H14N2OS/c13-12-10-4-5-14-8-9(10)2-3-11(12)16-7-1-6-15/h2-5,8,15H,1,6-7,13H2. The van der Waals surface area contributed by atoms with Gasteiger partial charge in [0.25, 0.3) is 0 Å². The first-order chi connectivity index (χ1) is 7.83. The summed E-state index contributed by atoms with van der Waals surface area (Å²) in [6, 6.07) is 5.97. The maximum atomic E-state index is 8.73. The number of hydrogen-bond acceptors (Lipinski definition) is 4. The van der Waals surface area contributed by atoms with Crippen LogP contribution in [0.15, 0.2) is 35.5 Å². The maximum absolute atomic E-state index is 8.73. The topological polar surface area (TPSA) is 59.1 Å². The van der Waals surface area contributed by atoms with E-state index in [1.807, 2.05) is 24.4 Å². The minimum absolute atomic E-state index is 0.227. The SMILES string of the molecule is Nc1c(SCCCO)ccc2cnccc12. The fraction of sp³-hybridized carbons (Fsp3) is 0.250. The van der Waals surface area contributed by atoms with Crippen LogP contribution in [-0.2, 0) is 0 Å². The Bertz CT molecular complexity index is 487. The summed E-state index contributed by atoms with van der Waals surface area (Å²) in [4.78, 5) is 5.14. The van der Waals surface area contributed by atoms with Crippen molar-refractivity contribution in [1.29, 1.82) is 0 Å². The molecule has 1 heterocycles. The van der Waals surface area contributed by atoms with Crippen molar-refractivity contribution >= 4 is 28.2 Å². The lowest BCUT2D eigenvalue weighted by molar-refractivity contribution is 0.296. The van der Waals surface area contributed by atoms with E-state index in [9.17, 15) is 0 Å². The Kier molecular flexibility index (Phi) is 3.64. The van der Waals surface area contributed by atoms with Gasteiger partial charge < -0.3 is 10.8 Å². The Morgan fingerprint density at radius 1 is 1.31 bits per heavy atom. The van der Waals surface area contributed by atoms with Gasteiger partial charge in [-0.05, 0) is 18.6 Å². The second-order valence-corrected chi connectivity index (χ2v) is 4.64. The summed E-state index contributed by atoms with van der Waals surface area (Å²) in [6.45, 7) is 0.227. The molecule has 84 valence electrons. The number of rotatable bonds is 4. The summed E-state index contributed by atoms with van der Waals surface area (Å²) in [6.07, 6.45) is 4.35. The molecule has 1 aromatic carbocycles. The largest absolute Gasteiger partial charge is 0.397 e. The molecule has 0 radical (unpaired) electrons. The molecule has 0 unspecified atom stereocenters. The lowest BCUT2D eigenvalue weighted by Gasteiger charge is -2.07. The highest BCUT2D eigenvalue weighted by molar-refractivity contribution is 7.99. The molecule has 0 amide bonds. The number of thioether (sulfide) groups is 1. The molecule has 0 atom stereocenters. The van der Waals surface area contributed by atoms with Gasteiger partial charge in [-0.2, -0.15) is 0 Å². The first-order valence-electron chi connectivity index (χ1n) is 5.19. The van der Waals surface area contributed by atoms with Crippen molar-refractivity contribution in [2.24, 2.45) is 0 Å². The number of nitrogen functional groups attached to an aromatic ring is 1. The van der Waals surface area contributed by atoms with Gasteiger partial charge in [0, 0.05) is 40.4 Å². The first kappa shape index (κ1) is 11.2. The molecule has 0 fully saturated rings. The average Bonchev–Trinajstić information content (AvgIpc) is 2.33. The van der Waals surface area contributed by atoms with Crippen LogP contribution in [0.25, 0.3) is 10.8 Å². The van der Waals surface area contributed by atoms with Crippen molar-refractivity contribution < 1.29 is 5.11 Å². The van der Waals surface area contributed by atoms with Crippen LogP contribution in [0.4, 0.5) is 5.69 Å². The molecule has 0 aliphatic carbocycles. The average molecular weight is 234 g/mol. The van der Waals surface area contributed by atoms with E-state index < -0.39 is 0 Å². The lowest BCUT2D eigenvalue weighted by atomic mass is 10.1. The monoisotopic (exact) mass is 234 g/mol. The van der Waals surface area contributed by atoms with E-state index in [-0.39, 0.29) is 6.61 Å². The fourth-order valence-corrected chi connectivity index (χ4v) is 2.47. The van der Waals surface area contributed by atoms with Crippen LogP contribution in [0, 0.1) is 0 Å². The summed E-state index contributed by atoms with van der Waals surface area (Å²) in [5.41, 5.74) is 6.90. The third-order valence-electron chi connectivity index (χ3n) is 2.38. The predicted octanol–water partition coefficient (Wildman–Crippen LogP) is 2.29. The van der Waals surface area contributed by atoms with Gasteiger partial charge in [0.2, 0.25) is 0 Å². The molecule has 3 N–H and O–H groups in total. The molecular weight excluding hydrogens is 220 g/mol. The van der Waals surface area contributed by atoms with E-state index >= 15 is 0 Å². The zero-order valence-corrected chi connectivity index (χ0v) is 9.70. The van der Waals surface area contributed by atoms with Gasteiger partial charge >= 0.3 is 0 Å². The van der Waals surface area contributed by atoms with E-state index in [4.69, 9.17) is 10.8 Å². The number of aliphatic hydroxyl groups excluding tert-OH is 1. The number of aromatic nitrogens is 1. The van der Waals surface area contributed by atoms with Crippen molar-refractivity contribution in [3.63, 3.8) is 0 Å². The minimum Gasteiger partial charge on any atom is -0.397 e. The third-order valence-corrected chi connectivity index (χ3v) is 3.54. The molecule has 0 aliphatic heterocycles. The molecule has 4 heteroatoms. The number of anilines is 1. The molecule has 0 saturated carbocycles. The molecule has 2 rings (SSSR count). The van der Waals surface area contributed by atoms with E-state index in [1.54, 1.807) is 18.0 Å². The Morgan fingerprint density at radius 2 is 2.19 bits per heavy atom. The van der Waals surface area contributed by atoms with Gasteiger partial charge in [0.05, 0.1) is 5.69 Å². The van der Waals surface area contributed by atoms with Crippen LogP contribution in [0.3, 0.4) is 0 Å². The van der Waals surface area contributed by atoms with Gasteiger partial charge in [-0.1, -0.05) is 6.07 Å². The molecule has 2 aromatic rings. The summed E-state index contributed by atoms with van der Waals surface area (Å²) >= 11 is 1.68. The van der Waals surface area contributed by atoms with Gasteiger partial charge in [-0.25, -0.2) is 0 Å². The Hall–Kier alpha value is -1.26. The summed E-state index contributed by atoms with van der Waals surface area (Å²) in [5.74, 6) is 0.886. The fourth-order valence-electron chi connectivity index (χ4n) is 1.55. The van der Waals surface area contributed by atoms with Crippen LogP contribution >= 0.6 is 11.8 Å². The van der Waals surface area contributed by atoms with E-state index in [0.29, 0.717) is 0 Å². The van der Waals surface area contributed by atoms with Gasteiger partial charge in [-0.3, -0.25) is 4.98 Å². The molecule has 0 spiro atoms. The second-order valence-electron chi connectivity index (χ2n) is 3.50. The van der Waals surface area contributed by atoms with Crippen LogP contribution in [0.2, 0.25) is 0 Å². The van der Waals surface area contributed by atoms with Gasteiger partial charge in [0.15, 0.2) is 0 Å². The van der Waals surface area contributed by atoms with Crippen molar-refractivity contribution in [2.75, 3.05) is 18.1 Å².